The molecule has 5 heteroatoms. The molecule has 0 radical (unpaired) electrons. The Morgan fingerprint density at radius 3 is 2.78 bits per heavy atom. The summed E-state index contributed by atoms with van der Waals surface area (Å²) in [5, 5.41) is 4.37. The molecule has 1 aliphatic heterocycles. The molecular formula is C22H31N3O2. The Balaban J connectivity index is 1.74. The van der Waals surface area contributed by atoms with Crippen molar-refractivity contribution >= 4 is 6.09 Å². The number of nitrogens with zero attached hydrogens (tertiary/aromatic N) is 3. The molecule has 0 spiro atoms. The van der Waals surface area contributed by atoms with Gasteiger partial charge in [-0.2, -0.15) is 5.10 Å². The molecule has 5 nitrogen and oxygen atoms in total. The Hall–Kier alpha value is -2.30. The average Bonchev–Trinajstić information content (AvgIpc) is 3.10. The predicted molar refractivity (Wildman–Crippen MR) is 108 cm³/mol. The number of aromatic nitrogens is 2. The van der Waals surface area contributed by atoms with Gasteiger partial charge < -0.3 is 9.64 Å². The van der Waals surface area contributed by atoms with E-state index in [-0.39, 0.29) is 12.1 Å². The summed E-state index contributed by atoms with van der Waals surface area (Å²) in [5.74, 6) is 0. The number of likely N-dealkylation sites (tertiary alicyclic amines) is 1. The number of amides is 1. The number of benzene rings is 1. The number of rotatable bonds is 4. The van der Waals surface area contributed by atoms with Gasteiger partial charge in [0.05, 0.1) is 6.20 Å². The molecule has 1 fully saturated rings. The van der Waals surface area contributed by atoms with Crippen LogP contribution >= 0.6 is 0 Å². The fourth-order valence-electron chi connectivity index (χ4n) is 3.61. The number of piperidine rings is 1. The molecule has 1 saturated heterocycles. The van der Waals surface area contributed by atoms with Crippen molar-refractivity contribution in [3.05, 3.63) is 42.2 Å². The third-order valence-electron chi connectivity index (χ3n) is 4.94. The van der Waals surface area contributed by atoms with Gasteiger partial charge in [-0.25, -0.2) is 4.79 Å². The van der Waals surface area contributed by atoms with Gasteiger partial charge in [-0.1, -0.05) is 24.3 Å². The highest BCUT2D eigenvalue weighted by Crippen LogP contribution is 2.25. The lowest BCUT2D eigenvalue weighted by atomic mass is 9.94. The molecule has 146 valence electrons. The summed E-state index contributed by atoms with van der Waals surface area (Å²) >= 11 is 0. The SMILES string of the molecule is CCn1cc(-c2cccc(C[C@@H]3CCCCN3C(=O)OC(C)(C)C)c2)cn1. The number of aryl methyl sites for hydroxylation is 1. The standard InChI is InChI=1S/C22H31N3O2/c1-5-24-16-19(15-23-24)18-10-8-9-17(13-18)14-20-11-6-7-12-25(20)21(26)27-22(2,3)4/h8-10,13,15-16,20H,5-7,11-12,14H2,1-4H3/t20-/m0/s1. The number of ether oxygens (including phenoxy) is 1. The summed E-state index contributed by atoms with van der Waals surface area (Å²) in [7, 11) is 0. The van der Waals surface area contributed by atoms with Crippen LogP contribution in [0.5, 0.6) is 0 Å². The molecule has 2 heterocycles. The molecule has 1 atom stereocenters. The lowest BCUT2D eigenvalue weighted by molar-refractivity contribution is 0.00995. The summed E-state index contributed by atoms with van der Waals surface area (Å²) in [6, 6.07) is 8.78. The van der Waals surface area contributed by atoms with Crippen molar-refractivity contribution in [2.45, 2.75) is 71.6 Å². The maximum absolute atomic E-state index is 12.6. The zero-order valence-electron chi connectivity index (χ0n) is 16.9. The molecule has 1 amide bonds. The quantitative estimate of drug-likeness (QED) is 0.770. The molecule has 1 aromatic carbocycles. The van der Waals surface area contributed by atoms with E-state index in [1.165, 1.54) is 11.1 Å². The van der Waals surface area contributed by atoms with E-state index >= 15 is 0 Å². The van der Waals surface area contributed by atoms with Crippen LogP contribution in [0.1, 0.15) is 52.5 Å². The van der Waals surface area contributed by atoms with Gasteiger partial charge in [-0.3, -0.25) is 4.68 Å². The summed E-state index contributed by atoms with van der Waals surface area (Å²) in [5.41, 5.74) is 3.09. The molecular weight excluding hydrogens is 338 g/mol. The summed E-state index contributed by atoms with van der Waals surface area (Å²) in [6.45, 7) is 9.49. The number of hydrogen-bond acceptors (Lipinski definition) is 3. The highest BCUT2D eigenvalue weighted by molar-refractivity contribution is 5.69. The Morgan fingerprint density at radius 1 is 1.26 bits per heavy atom. The van der Waals surface area contributed by atoms with Gasteiger partial charge in [0.1, 0.15) is 5.60 Å². The van der Waals surface area contributed by atoms with E-state index in [0.29, 0.717) is 0 Å². The summed E-state index contributed by atoms with van der Waals surface area (Å²) < 4.78 is 7.57. The maximum Gasteiger partial charge on any atom is 0.410 e. The molecule has 1 aromatic heterocycles. The maximum atomic E-state index is 12.6. The fraction of sp³-hybridized carbons (Fsp3) is 0.545. The van der Waals surface area contributed by atoms with Crippen LogP contribution in [-0.4, -0.2) is 39.0 Å². The van der Waals surface area contributed by atoms with Crippen LogP contribution in [0.25, 0.3) is 11.1 Å². The molecule has 27 heavy (non-hydrogen) atoms. The molecule has 0 N–H and O–H groups in total. The van der Waals surface area contributed by atoms with Gasteiger partial charge in [0, 0.05) is 30.9 Å². The van der Waals surface area contributed by atoms with E-state index in [2.05, 4.69) is 42.5 Å². The predicted octanol–water partition coefficient (Wildman–Crippen LogP) is 4.90. The number of carbonyl (C=O) groups excluding carboxylic acids is 1. The first-order valence-electron chi connectivity index (χ1n) is 9.97. The Morgan fingerprint density at radius 2 is 2.07 bits per heavy atom. The van der Waals surface area contributed by atoms with Crippen LogP contribution in [0.2, 0.25) is 0 Å². The summed E-state index contributed by atoms with van der Waals surface area (Å²) in [4.78, 5) is 14.6. The van der Waals surface area contributed by atoms with Gasteiger partial charge in [0.2, 0.25) is 0 Å². The van der Waals surface area contributed by atoms with Crippen molar-refractivity contribution in [1.82, 2.24) is 14.7 Å². The normalized spacial score (nSPS) is 17.8. The molecule has 0 bridgehead atoms. The second-order valence-electron chi connectivity index (χ2n) is 8.31. The minimum Gasteiger partial charge on any atom is -0.444 e. The van der Waals surface area contributed by atoms with E-state index in [1.807, 2.05) is 36.5 Å². The first-order chi connectivity index (χ1) is 12.9. The molecule has 3 rings (SSSR count). The van der Waals surface area contributed by atoms with Gasteiger partial charge in [-0.05, 0) is 64.5 Å². The molecule has 0 unspecified atom stereocenters. The topological polar surface area (TPSA) is 47.4 Å². The smallest absolute Gasteiger partial charge is 0.410 e. The summed E-state index contributed by atoms with van der Waals surface area (Å²) in [6.07, 6.45) is 7.89. The average molecular weight is 370 g/mol. The van der Waals surface area contributed by atoms with Crippen LogP contribution in [0.3, 0.4) is 0 Å². The van der Waals surface area contributed by atoms with E-state index in [0.717, 1.165) is 44.3 Å². The number of carbonyl (C=O) groups is 1. The minimum absolute atomic E-state index is 0.187. The van der Waals surface area contributed by atoms with Crippen molar-refractivity contribution in [3.8, 4) is 11.1 Å². The van der Waals surface area contributed by atoms with Gasteiger partial charge >= 0.3 is 6.09 Å². The zero-order chi connectivity index (χ0) is 19.4. The molecule has 0 aliphatic carbocycles. The lowest BCUT2D eigenvalue weighted by Gasteiger charge is -2.37. The first-order valence-corrected chi connectivity index (χ1v) is 9.97. The Labute approximate surface area is 162 Å². The van der Waals surface area contributed by atoms with Crippen LogP contribution in [0.15, 0.2) is 36.7 Å². The van der Waals surface area contributed by atoms with E-state index < -0.39 is 5.60 Å². The van der Waals surface area contributed by atoms with Gasteiger partial charge in [0.15, 0.2) is 0 Å². The third kappa shape index (κ3) is 5.12. The Bertz CT molecular complexity index is 776. The van der Waals surface area contributed by atoms with Crippen molar-refractivity contribution in [2.24, 2.45) is 0 Å². The highest BCUT2D eigenvalue weighted by atomic mass is 16.6. The van der Waals surface area contributed by atoms with Crippen molar-refractivity contribution in [3.63, 3.8) is 0 Å². The second kappa shape index (κ2) is 8.15. The second-order valence-corrected chi connectivity index (χ2v) is 8.31. The fourth-order valence-corrected chi connectivity index (χ4v) is 3.61. The van der Waals surface area contributed by atoms with Crippen molar-refractivity contribution in [2.75, 3.05) is 6.54 Å². The largest absolute Gasteiger partial charge is 0.444 e. The van der Waals surface area contributed by atoms with Crippen LogP contribution in [-0.2, 0) is 17.7 Å². The molecule has 1 aliphatic rings. The lowest BCUT2D eigenvalue weighted by Crippen LogP contribution is -2.47. The van der Waals surface area contributed by atoms with Crippen LogP contribution < -0.4 is 0 Å². The van der Waals surface area contributed by atoms with Crippen LogP contribution in [0.4, 0.5) is 4.79 Å². The van der Waals surface area contributed by atoms with Gasteiger partial charge in [-0.15, -0.1) is 0 Å². The van der Waals surface area contributed by atoms with Crippen molar-refractivity contribution < 1.29 is 9.53 Å². The van der Waals surface area contributed by atoms with E-state index in [4.69, 9.17) is 4.74 Å². The monoisotopic (exact) mass is 369 g/mol. The van der Waals surface area contributed by atoms with Gasteiger partial charge in [0.25, 0.3) is 0 Å². The van der Waals surface area contributed by atoms with Crippen LogP contribution in [0, 0.1) is 0 Å². The Kier molecular flexibility index (Phi) is 5.88. The first kappa shape index (κ1) is 19.5. The van der Waals surface area contributed by atoms with E-state index in [9.17, 15) is 4.79 Å². The van der Waals surface area contributed by atoms with E-state index in [1.54, 1.807) is 0 Å². The zero-order valence-corrected chi connectivity index (χ0v) is 16.9. The highest BCUT2D eigenvalue weighted by Gasteiger charge is 2.30. The molecule has 0 saturated carbocycles. The minimum atomic E-state index is -0.460. The van der Waals surface area contributed by atoms with Crippen molar-refractivity contribution in [1.29, 1.82) is 0 Å². The molecule has 2 aromatic rings. The third-order valence-corrected chi connectivity index (χ3v) is 4.94. The number of hydrogen-bond donors (Lipinski definition) is 0.